The predicted octanol–water partition coefficient (Wildman–Crippen LogP) is -0.280. The molecule has 4 N–H and O–H groups in total. The van der Waals surface area contributed by atoms with Gasteiger partial charge in [-0.2, -0.15) is 0 Å². The number of nitrogens with one attached hydrogen (secondary N) is 1. The van der Waals surface area contributed by atoms with Crippen molar-refractivity contribution in [3.05, 3.63) is 0 Å². The second kappa shape index (κ2) is 8.06. The maximum absolute atomic E-state index is 11.5. The molecule has 1 amide bonds. The predicted molar refractivity (Wildman–Crippen MR) is 58.9 cm³/mol. The number of ether oxygens (including phenoxy) is 1. The molecule has 0 spiro atoms. The first-order valence-corrected chi connectivity index (χ1v) is 5.27. The van der Waals surface area contributed by atoms with Crippen LogP contribution in [-0.2, 0) is 14.3 Å². The van der Waals surface area contributed by atoms with Crippen molar-refractivity contribution in [1.29, 1.82) is 0 Å². The molecule has 2 unspecified atom stereocenters. The number of amides is 1. The van der Waals surface area contributed by atoms with Gasteiger partial charge in [0, 0.05) is 7.11 Å². The Morgan fingerprint density at radius 3 is 2.56 bits per heavy atom. The summed E-state index contributed by atoms with van der Waals surface area (Å²) in [5.74, 6) is -1.53. The monoisotopic (exact) mass is 232 g/mol. The van der Waals surface area contributed by atoms with Crippen molar-refractivity contribution in [2.24, 2.45) is 5.73 Å². The standard InChI is InChI=1S/C10H20N2O4/c1-3-4-7(6-16-2)12-10(15)8(11)5-9(13)14/h7-8H,3-6,11H2,1-2H3,(H,12,15)(H,13,14). The molecule has 0 heterocycles. The molecule has 0 aliphatic heterocycles. The molecular weight excluding hydrogens is 212 g/mol. The zero-order chi connectivity index (χ0) is 12.6. The zero-order valence-corrected chi connectivity index (χ0v) is 9.73. The molecular formula is C10H20N2O4. The molecule has 0 bridgehead atoms. The van der Waals surface area contributed by atoms with Gasteiger partial charge in [-0.25, -0.2) is 0 Å². The summed E-state index contributed by atoms with van der Waals surface area (Å²) in [6, 6.07) is -1.11. The number of carboxylic acid groups (broad SMARTS) is 1. The van der Waals surface area contributed by atoms with Crippen LogP contribution in [0.15, 0.2) is 0 Å². The van der Waals surface area contributed by atoms with Gasteiger partial charge in [-0.15, -0.1) is 0 Å². The van der Waals surface area contributed by atoms with Crippen LogP contribution in [0, 0.1) is 0 Å². The molecule has 0 aromatic carbocycles. The number of aliphatic carboxylic acids is 1. The first-order valence-electron chi connectivity index (χ1n) is 5.27. The molecule has 0 aliphatic carbocycles. The highest BCUT2D eigenvalue weighted by molar-refractivity contribution is 5.86. The van der Waals surface area contributed by atoms with Gasteiger partial charge in [-0.3, -0.25) is 9.59 Å². The van der Waals surface area contributed by atoms with Crippen molar-refractivity contribution in [1.82, 2.24) is 5.32 Å². The fourth-order valence-electron chi connectivity index (χ4n) is 1.34. The quantitative estimate of drug-likeness (QED) is 0.534. The van der Waals surface area contributed by atoms with Crippen LogP contribution >= 0.6 is 0 Å². The Morgan fingerprint density at radius 2 is 2.12 bits per heavy atom. The first kappa shape index (κ1) is 14.9. The van der Waals surface area contributed by atoms with Crippen molar-refractivity contribution < 1.29 is 19.4 Å². The van der Waals surface area contributed by atoms with E-state index in [9.17, 15) is 9.59 Å². The molecule has 0 aromatic rings. The lowest BCUT2D eigenvalue weighted by Crippen LogP contribution is -2.47. The van der Waals surface area contributed by atoms with Gasteiger partial charge < -0.3 is 20.9 Å². The number of nitrogens with two attached hydrogens (primary N) is 1. The third-order valence-electron chi connectivity index (χ3n) is 2.08. The lowest BCUT2D eigenvalue weighted by Gasteiger charge is -2.19. The Morgan fingerprint density at radius 1 is 1.50 bits per heavy atom. The minimum absolute atomic E-state index is 0.109. The summed E-state index contributed by atoms with van der Waals surface area (Å²) in [4.78, 5) is 21.9. The molecule has 0 fully saturated rings. The highest BCUT2D eigenvalue weighted by Crippen LogP contribution is 1.98. The molecule has 0 aromatic heterocycles. The highest BCUT2D eigenvalue weighted by Gasteiger charge is 2.19. The van der Waals surface area contributed by atoms with E-state index in [0.29, 0.717) is 6.61 Å². The molecule has 0 radical (unpaired) electrons. The van der Waals surface area contributed by atoms with Crippen LogP contribution in [0.1, 0.15) is 26.2 Å². The number of hydrogen-bond donors (Lipinski definition) is 3. The number of hydrogen-bond acceptors (Lipinski definition) is 4. The number of carboxylic acids is 1. The summed E-state index contributed by atoms with van der Waals surface area (Å²) in [5.41, 5.74) is 5.43. The number of rotatable bonds is 8. The van der Waals surface area contributed by atoms with E-state index >= 15 is 0 Å². The van der Waals surface area contributed by atoms with E-state index in [1.807, 2.05) is 6.92 Å². The van der Waals surface area contributed by atoms with Crippen LogP contribution < -0.4 is 11.1 Å². The van der Waals surface area contributed by atoms with Crippen LogP contribution in [0.5, 0.6) is 0 Å². The second-order valence-corrected chi connectivity index (χ2v) is 3.65. The van der Waals surface area contributed by atoms with Crippen LogP contribution in [0.4, 0.5) is 0 Å². The molecule has 6 nitrogen and oxygen atoms in total. The van der Waals surface area contributed by atoms with E-state index in [4.69, 9.17) is 15.6 Å². The average molecular weight is 232 g/mol. The first-order chi connectivity index (χ1) is 7.51. The van der Waals surface area contributed by atoms with E-state index < -0.39 is 17.9 Å². The molecule has 94 valence electrons. The molecule has 2 atom stereocenters. The van der Waals surface area contributed by atoms with Gasteiger partial charge in [0.15, 0.2) is 0 Å². The summed E-state index contributed by atoms with van der Waals surface area (Å²) in [7, 11) is 1.55. The minimum Gasteiger partial charge on any atom is -0.481 e. The average Bonchev–Trinajstić information content (AvgIpc) is 2.17. The largest absolute Gasteiger partial charge is 0.481 e. The van der Waals surface area contributed by atoms with E-state index in [1.54, 1.807) is 7.11 Å². The minimum atomic E-state index is -1.08. The van der Waals surface area contributed by atoms with Gasteiger partial charge in [0.2, 0.25) is 5.91 Å². The van der Waals surface area contributed by atoms with Crippen molar-refractivity contribution in [3.63, 3.8) is 0 Å². The lowest BCUT2D eigenvalue weighted by atomic mass is 10.1. The number of carbonyl (C=O) groups excluding carboxylic acids is 1. The molecule has 0 saturated heterocycles. The molecule has 6 heteroatoms. The molecule has 0 saturated carbocycles. The van der Waals surface area contributed by atoms with Crippen molar-refractivity contribution in [2.75, 3.05) is 13.7 Å². The van der Waals surface area contributed by atoms with Crippen LogP contribution in [0.25, 0.3) is 0 Å². The lowest BCUT2D eigenvalue weighted by molar-refractivity contribution is -0.139. The van der Waals surface area contributed by atoms with Crippen LogP contribution in [0.3, 0.4) is 0 Å². The zero-order valence-electron chi connectivity index (χ0n) is 9.73. The summed E-state index contributed by atoms with van der Waals surface area (Å²) in [6.45, 7) is 2.39. The Hall–Kier alpha value is -1.14. The second-order valence-electron chi connectivity index (χ2n) is 3.65. The smallest absolute Gasteiger partial charge is 0.305 e. The molecule has 16 heavy (non-hydrogen) atoms. The topological polar surface area (TPSA) is 102 Å². The number of methoxy groups -OCH3 is 1. The highest BCUT2D eigenvalue weighted by atomic mass is 16.5. The third-order valence-corrected chi connectivity index (χ3v) is 2.08. The third kappa shape index (κ3) is 6.36. The van der Waals surface area contributed by atoms with Crippen molar-refractivity contribution >= 4 is 11.9 Å². The van der Waals surface area contributed by atoms with Gasteiger partial charge in [0.1, 0.15) is 0 Å². The molecule has 0 aliphatic rings. The van der Waals surface area contributed by atoms with Gasteiger partial charge in [0.25, 0.3) is 0 Å². The fraction of sp³-hybridized carbons (Fsp3) is 0.800. The van der Waals surface area contributed by atoms with Gasteiger partial charge in [-0.1, -0.05) is 13.3 Å². The Balaban J connectivity index is 4.11. The summed E-state index contributed by atoms with van der Waals surface area (Å²) >= 11 is 0. The van der Waals surface area contributed by atoms with Gasteiger partial charge in [-0.05, 0) is 6.42 Å². The van der Waals surface area contributed by atoms with Gasteiger partial charge in [0.05, 0.1) is 25.1 Å². The summed E-state index contributed by atoms with van der Waals surface area (Å²) in [5, 5.41) is 11.2. The Kier molecular flexibility index (Phi) is 7.49. The van der Waals surface area contributed by atoms with Crippen LogP contribution in [-0.4, -0.2) is 42.8 Å². The van der Waals surface area contributed by atoms with E-state index in [1.165, 1.54) is 0 Å². The summed E-state index contributed by atoms with van der Waals surface area (Å²) < 4.78 is 4.95. The van der Waals surface area contributed by atoms with E-state index in [0.717, 1.165) is 12.8 Å². The van der Waals surface area contributed by atoms with Gasteiger partial charge >= 0.3 is 5.97 Å². The van der Waals surface area contributed by atoms with Crippen molar-refractivity contribution in [3.8, 4) is 0 Å². The molecule has 0 rings (SSSR count). The van der Waals surface area contributed by atoms with Crippen molar-refractivity contribution in [2.45, 2.75) is 38.3 Å². The summed E-state index contributed by atoms with van der Waals surface area (Å²) in [6.07, 6.45) is 1.32. The Labute approximate surface area is 95.1 Å². The fourth-order valence-corrected chi connectivity index (χ4v) is 1.34. The number of carbonyl (C=O) groups is 2. The van der Waals surface area contributed by atoms with E-state index in [2.05, 4.69) is 5.32 Å². The Bertz CT molecular complexity index is 227. The normalized spacial score (nSPS) is 14.2. The SMILES string of the molecule is CCCC(COC)NC(=O)C(N)CC(=O)O. The van der Waals surface area contributed by atoms with E-state index in [-0.39, 0.29) is 12.5 Å². The maximum Gasteiger partial charge on any atom is 0.305 e. The van der Waals surface area contributed by atoms with Crippen LogP contribution in [0.2, 0.25) is 0 Å². The maximum atomic E-state index is 11.5.